The maximum atomic E-state index is 12.5. The molecule has 29 heavy (non-hydrogen) atoms. The van der Waals surface area contributed by atoms with Gasteiger partial charge in [0.2, 0.25) is 0 Å². The monoisotopic (exact) mass is 395 g/mol. The molecular weight excluding hydrogens is 374 g/mol. The highest BCUT2D eigenvalue weighted by molar-refractivity contribution is 5.94. The molecule has 3 aromatic rings. The first-order valence-corrected chi connectivity index (χ1v) is 8.90. The van der Waals surface area contributed by atoms with Gasteiger partial charge in [-0.05, 0) is 37.3 Å². The first-order chi connectivity index (χ1) is 14.0. The molecule has 8 nitrogen and oxygen atoms in total. The Morgan fingerprint density at radius 1 is 1.14 bits per heavy atom. The second-order valence-corrected chi connectivity index (χ2v) is 6.37. The minimum atomic E-state index is -0.283. The van der Waals surface area contributed by atoms with Crippen molar-refractivity contribution in [2.75, 3.05) is 14.2 Å². The third kappa shape index (κ3) is 4.98. The molecule has 0 fully saturated rings. The van der Waals surface area contributed by atoms with Crippen LogP contribution in [0.2, 0.25) is 0 Å². The Morgan fingerprint density at radius 2 is 1.97 bits per heavy atom. The molecule has 1 aromatic carbocycles. The maximum absolute atomic E-state index is 12.5. The average molecular weight is 395 g/mol. The van der Waals surface area contributed by atoms with Crippen LogP contribution in [-0.2, 0) is 13.2 Å². The van der Waals surface area contributed by atoms with E-state index in [1.165, 1.54) is 25.0 Å². The molecule has 0 N–H and O–H groups in total. The van der Waals surface area contributed by atoms with Crippen molar-refractivity contribution >= 4 is 11.7 Å². The van der Waals surface area contributed by atoms with Gasteiger partial charge in [-0.25, -0.2) is 0 Å². The van der Waals surface area contributed by atoms with Crippen LogP contribution in [0, 0.1) is 0 Å². The van der Waals surface area contributed by atoms with E-state index in [1.807, 2.05) is 18.2 Å². The molecule has 0 saturated heterocycles. The van der Waals surface area contributed by atoms with Crippen LogP contribution in [0.5, 0.6) is 11.5 Å². The zero-order chi connectivity index (χ0) is 20.8. The van der Waals surface area contributed by atoms with Gasteiger partial charge in [-0.2, -0.15) is 0 Å². The minimum Gasteiger partial charge on any atom is -0.493 e. The molecular formula is C21H21N3O5. The molecule has 0 aliphatic carbocycles. The molecule has 150 valence electrons. The summed E-state index contributed by atoms with van der Waals surface area (Å²) < 4.78 is 16.2. The van der Waals surface area contributed by atoms with Gasteiger partial charge in [-0.3, -0.25) is 14.6 Å². The predicted molar refractivity (Wildman–Crippen MR) is 104 cm³/mol. The van der Waals surface area contributed by atoms with E-state index in [0.29, 0.717) is 29.4 Å². The third-order valence-electron chi connectivity index (χ3n) is 4.19. The first kappa shape index (κ1) is 20.1. The number of Topliss-reactive ketones (excluding diaryl/α,β-unsaturated/α-hetero) is 1. The number of nitrogens with zero attached hydrogens (tertiary/aromatic N) is 3. The molecule has 0 saturated carbocycles. The van der Waals surface area contributed by atoms with Gasteiger partial charge in [0.15, 0.2) is 28.7 Å². The number of carbonyl (C=O) groups excluding carboxylic acids is 2. The van der Waals surface area contributed by atoms with E-state index < -0.39 is 0 Å². The number of pyridine rings is 1. The summed E-state index contributed by atoms with van der Waals surface area (Å²) in [6, 6.07) is 12.0. The van der Waals surface area contributed by atoms with Crippen LogP contribution in [0.15, 0.2) is 53.2 Å². The van der Waals surface area contributed by atoms with Gasteiger partial charge in [0.1, 0.15) is 6.61 Å². The zero-order valence-electron chi connectivity index (χ0n) is 16.4. The Hall–Kier alpha value is -3.68. The fourth-order valence-electron chi connectivity index (χ4n) is 2.64. The lowest BCUT2D eigenvalue weighted by atomic mass is 10.1. The van der Waals surface area contributed by atoms with Crippen LogP contribution in [0.25, 0.3) is 0 Å². The Morgan fingerprint density at radius 3 is 2.66 bits per heavy atom. The van der Waals surface area contributed by atoms with Crippen molar-refractivity contribution in [2.45, 2.75) is 20.1 Å². The van der Waals surface area contributed by atoms with Gasteiger partial charge in [-0.15, -0.1) is 0 Å². The number of ketones is 1. The Bertz CT molecular complexity index is 1000. The van der Waals surface area contributed by atoms with E-state index in [1.54, 1.807) is 31.4 Å². The van der Waals surface area contributed by atoms with Crippen molar-refractivity contribution < 1.29 is 23.6 Å². The molecule has 0 aliphatic rings. The number of hydrogen-bond donors (Lipinski definition) is 0. The fourth-order valence-corrected chi connectivity index (χ4v) is 2.64. The number of hydrogen-bond acceptors (Lipinski definition) is 7. The van der Waals surface area contributed by atoms with Crippen molar-refractivity contribution in [1.82, 2.24) is 15.0 Å². The summed E-state index contributed by atoms with van der Waals surface area (Å²) in [5.74, 6) is 0.923. The third-order valence-corrected chi connectivity index (χ3v) is 4.19. The van der Waals surface area contributed by atoms with E-state index in [-0.39, 0.29) is 24.0 Å². The van der Waals surface area contributed by atoms with Gasteiger partial charge in [0.25, 0.3) is 5.91 Å². The van der Waals surface area contributed by atoms with E-state index >= 15 is 0 Å². The highest BCUT2D eigenvalue weighted by Gasteiger charge is 2.18. The number of methoxy groups -OCH3 is 1. The normalized spacial score (nSPS) is 10.4. The van der Waals surface area contributed by atoms with Crippen LogP contribution >= 0.6 is 0 Å². The topological polar surface area (TPSA) is 94.8 Å². The van der Waals surface area contributed by atoms with Crippen LogP contribution in [0.1, 0.15) is 39.2 Å². The van der Waals surface area contributed by atoms with E-state index in [2.05, 4.69) is 10.1 Å². The number of rotatable bonds is 8. The number of benzene rings is 1. The molecule has 0 aliphatic heterocycles. The largest absolute Gasteiger partial charge is 0.493 e. The summed E-state index contributed by atoms with van der Waals surface area (Å²) in [6.45, 7) is 1.89. The lowest BCUT2D eigenvalue weighted by Crippen LogP contribution is -2.26. The van der Waals surface area contributed by atoms with Gasteiger partial charge in [-0.1, -0.05) is 11.2 Å². The molecule has 0 radical (unpaired) electrons. The highest BCUT2D eigenvalue weighted by Crippen LogP contribution is 2.29. The molecule has 0 spiro atoms. The summed E-state index contributed by atoms with van der Waals surface area (Å²) in [7, 11) is 3.16. The quantitative estimate of drug-likeness (QED) is 0.541. The molecule has 2 aromatic heterocycles. The SMILES string of the molecule is COc1cc(C(C)=O)ccc1OCc1cc(C(=O)N(C)Cc2ccccn2)no1. The molecule has 0 unspecified atom stereocenters. The Balaban J connectivity index is 1.63. The molecule has 1 amide bonds. The van der Waals surface area contributed by atoms with Crippen LogP contribution < -0.4 is 9.47 Å². The van der Waals surface area contributed by atoms with Crippen molar-refractivity contribution in [3.63, 3.8) is 0 Å². The van der Waals surface area contributed by atoms with Crippen LogP contribution in [-0.4, -0.2) is 40.9 Å². The van der Waals surface area contributed by atoms with Crippen LogP contribution in [0.3, 0.4) is 0 Å². The van der Waals surface area contributed by atoms with Crippen molar-refractivity contribution in [3.8, 4) is 11.5 Å². The summed E-state index contributed by atoms with van der Waals surface area (Å²) in [5, 5.41) is 3.83. The Kier molecular flexibility index (Phi) is 6.23. The van der Waals surface area contributed by atoms with E-state index in [0.717, 1.165) is 5.69 Å². The molecule has 8 heteroatoms. The second kappa shape index (κ2) is 9.01. The van der Waals surface area contributed by atoms with Gasteiger partial charge >= 0.3 is 0 Å². The van der Waals surface area contributed by atoms with Crippen LogP contribution in [0.4, 0.5) is 0 Å². The number of aromatic nitrogens is 2. The fraction of sp³-hybridized carbons (Fsp3) is 0.238. The van der Waals surface area contributed by atoms with Crippen molar-refractivity contribution in [1.29, 1.82) is 0 Å². The van der Waals surface area contributed by atoms with E-state index in [9.17, 15) is 9.59 Å². The maximum Gasteiger partial charge on any atom is 0.276 e. The lowest BCUT2D eigenvalue weighted by molar-refractivity contribution is 0.0772. The summed E-state index contributed by atoms with van der Waals surface area (Å²) >= 11 is 0. The van der Waals surface area contributed by atoms with Crippen molar-refractivity contribution in [2.24, 2.45) is 0 Å². The van der Waals surface area contributed by atoms with Gasteiger partial charge in [0.05, 0.1) is 19.3 Å². The smallest absolute Gasteiger partial charge is 0.276 e. The summed E-state index contributed by atoms with van der Waals surface area (Å²) in [4.78, 5) is 29.7. The summed E-state index contributed by atoms with van der Waals surface area (Å²) in [5.41, 5.74) is 1.48. The standard InChI is InChI=1S/C21H21N3O5/c1-14(25)15-7-8-19(20(10-15)27-3)28-13-17-11-18(23-29-17)21(26)24(2)12-16-6-4-5-9-22-16/h4-11H,12-13H2,1-3H3. The highest BCUT2D eigenvalue weighted by atomic mass is 16.5. The molecule has 3 rings (SSSR count). The zero-order valence-corrected chi connectivity index (χ0v) is 16.4. The average Bonchev–Trinajstić information content (AvgIpc) is 3.21. The first-order valence-electron chi connectivity index (χ1n) is 8.90. The lowest BCUT2D eigenvalue weighted by Gasteiger charge is -2.14. The van der Waals surface area contributed by atoms with Crippen molar-refractivity contribution in [3.05, 3.63) is 71.4 Å². The number of amides is 1. The van der Waals surface area contributed by atoms with E-state index in [4.69, 9.17) is 14.0 Å². The molecule has 0 bridgehead atoms. The number of ether oxygens (including phenoxy) is 2. The molecule has 2 heterocycles. The second-order valence-electron chi connectivity index (χ2n) is 6.37. The predicted octanol–water partition coefficient (Wildman–Crippen LogP) is 3.13. The minimum absolute atomic E-state index is 0.0556. The number of carbonyl (C=O) groups is 2. The molecule has 0 atom stereocenters. The van der Waals surface area contributed by atoms with Gasteiger partial charge in [0, 0.05) is 24.9 Å². The Labute approximate surface area is 168 Å². The van der Waals surface area contributed by atoms with Gasteiger partial charge < -0.3 is 18.9 Å². The summed E-state index contributed by atoms with van der Waals surface area (Å²) in [6.07, 6.45) is 1.68.